The highest BCUT2D eigenvalue weighted by atomic mass is 15.4. The Morgan fingerprint density at radius 1 is 1.11 bits per heavy atom. The Labute approximate surface area is 56.0 Å². The summed E-state index contributed by atoms with van der Waals surface area (Å²) < 4.78 is 0. The summed E-state index contributed by atoms with van der Waals surface area (Å²) in [6, 6.07) is 0. The average Bonchev–Trinajstić information content (AvgIpc) is 2.22. The Kier molecular flexibility index (Phi) is 1.24. The van der Waals surface area contributed by atoms with Crippen molar-refractivity contribution < 1.29 is 0 Å². The van der Waals surface area contributed by atoms with Crippen molar-refractivity contribution >= 4 is 0 Å². The highest BCUT2D eigenvalue weighted by Crippen LogP contribution is 2.36. The zero-order valence-corrected chi connectivity index (χ0v) is 5.71. The van der Waals surface area contributed by atoms with Gasteiger partial charge < -0.3 is 0 Å². The SMILES string of the molecule is NN1C[C@H]2CCC[C@@H]2C1. The minimum atomic E-state index is 0.954. The van der Waals surface area contributed by atoms with Crippen LogP contribution in [0.5, 0.6) is 0 Å². The fourth-order valence-electron chi connectivity index (χ4n) is 2.27. The van der Waals surface area contributed by atoms with Crippen molar-refractivity contribution in [1.82, 2.24) is 5.01 Å². The number of hydrazine groups is 1. The molecule has 0 bridgehead atoms. The number of rotatable bonds is 0. The minimum Gasteiger partial charge on any atom is -0.269 e. The highest BCUT2D eigenvalue weighted by Gasteiger charge is 2.34. The van der Waals surface area contributed by atoms with E-state index in [2.05, 4.69) is 0 Å². The van der Waals surface area contributed by atoms with Gasteiger partial charge in [0.1, 0.15) is 0 Å². The van der Waals surface area contributed by atoms with Gasteiger partial charge in [-0.05, 0) is 24.7 Å². The molecular weight excluding hydrogens is 112 g/mol. The molecule has 1 saturated carbocycles. The smallest absolute Gasteiger partial charge is 0.0160 e. The molecule has 2 N–H and O–H groups in total. The van der Waals surface area contributed by atoms with E-state index in [4.69, 9.17) is 5.84 Å². The van der Waals surface area contributed by atoms with E-state index in [0.717, 1.165) is 24.9 Å². The number of nitrogens with two attached hydrogens (primary N) is 1. The van der Waals surface area contributed by atoms with E-state index in [1.165, 1.54) is 19.3 Å². The predicted molar refractivity (Wildman–Crippen MR) is 36.6 cm³/mol. The molecule has 1 heterocycles. The van der Waals surface area contributed by atoms with Crippen molar-refractivity contribution in [2.75, 3.05) is 13.1 Å². The van der Waals surface area contributed by atoms with Crippen LogP contribution in [0.3, 0.4) is 0 Å². The molecule has 0 unspecified atom stereocenters. The summed E-state index contributed by atoms with van der Waals surface area (Å²) in [4.78, 5) is 0. The molecule has 1 saturated heterocycles. The molecule has 0 aromatic heterocycles. The third kappa shape index (κ3) is 0.864. The van der Waals surface area contributed by atoms with Crippen LogP contribution in [0.4, 0.5) is 0 Å². The molecular formula is C7H14N2. The van der Waals surface area contributed by atoms with E-state index in [1.54, 1.807) is 0 Å². The summed E-state index contributed by atoms with van der Waals surface area (Å²) in [6.07, 6.45) is 4.31. The summed E-state index contributed by atoms with van der Waals surface area (Å²) in [5.41, 5.74) is 0. The number of nitrogens with zero attached hydrogens (tertiary/aromatic N) is 1. The second-order valence-electron chi connectivity index (χ2n) is 3.40. The fraction of sp³-hybridized carbons (Fsp3) is 1.00. The van der Waals surface area contributed by atoms with Crippen LogP contribution in [0, 0.1) is 11.8 Å². The first-order valence-electron chi connectivity index (χ1n) is 3.86. The first kappa shape index (κ1) is 5.69. The van der Waals surface area contributed by atoms with Crippen LogP contribution < -0.4 is 5.84 Å². The lowest BCUT2D eigenvalue weighted by Gasteiger charge is -2.06. The van der Waals surface area contributed by atoms with Crippen LogP contribution in [0.25, 0.3) is 0 Å². The lowest BCUT2D eigenvalue weighted by atomic mass is 10.0. The number of hydrogen-bond donors (Lipinski definition) is 1. The molecule has 0 radical (unpaired) electrons. The van der Waals surface area contributed by atoms with Crippen LogP contribution in [-0.4, -0.2) is 18.1 Å². The van der Waals surface area contributed by atoms with Crippen molar-refractivity contribution in [3.8, 4) is 0 Å². The predicted octanol–water partition coefficient (Wildman–Crippen LogP) is 0.592. The van der Waals surface area contributed by atoms with Gasteiger partial charge >= 0.3 is 0 Å². The normalized spacial score (nSPS) is 43.7. The van der Waals surface area contributed by atoms with Crippen molar-refractivity contribution in [1.29, 1.82) is 0 Å². The summed E-state index contributed by atoms with van der Waals surface area (Å²) in [7, 11) is 0. The molecule has 2 fully saturated rings. The quantitative estimate of drug-likeness (QED) is 0.481. The van der Waals surface area contributed by atoms with Gasteiger partial charge in [0.2, 0.25) is 0 Å². The van der Waals surface area contributed by atoms with Gasteiger partial charge in [0.05, 0.1) is 0 Å². The number of fused-ring (bicyclic) bond motifs is 1. The molecule has 1 aliphatic carbocycles. The second-order valence-corrected chi connectivity index (χ2v) is 3.40. The van der Waals surface area contributed by atoms with E-state index in [-0.39, 0.29) is 0 Å². The zero-order valence-electron chi connectivity index (χ0n) is 5.71. The standard InChI is InChI=1S/C7H14N2/c8-9-4-6-2-1-3-7(6)5-9/h6-7H,1-5,8H2/t6-,7-/m1/s1. The molecule has 0 aromatic carbocycles. The van der Waals surface area contributed by atoms with Crippen molar-refractivity contribution in [3.05, 3.63) is 0 Å². The maximum atomic E-state index is 5.66. The lowest BCUT2D eigenvalue weighted by Crippen LogP contribution is -2.28. The van der Waals surface area contributed by atoms with Crippen LogP contribution in [0.1, 0.15) is 19.3 Å². The van der Waals surface area contributed by atoms with Gasteiger partial charge in [-0.15, -0.1) is 0 Å². The molecule has 1 aliphatic heterocycles. The Hall–Kier alpha value is -0.0800. The minimum absolute atomic E-state index is 0.954. The summed E-state index contributed by atoms with van der Waals surface area (Å²) in [5, 5.41) is 1.98. The largest absolute Gasteiger partial charge is 0.269 e. The lowest BCUT2D eigenvalue weighted by molar-refractivity contribution is 0.324. The third-order valence-electron chi connectivity index (χ3n) is 2.75. The van der Waals surface area contributed by atoms with Gasteiger partial charge in [-0.1, -0.05) is 6.42 Å². The van der Waals surface area contributed by atoms with Gasteiger partial charge in [-0.3, -0.25) is 5.84 Å². The highest BCUT2D eigenvalue weighted by molar-refractivity contribution is 4.86. The molecule has 0 spiro atoms. The van der Waals surface area contributed by atoms with Crippen molar-refractivity contribution in [2.45, 2.75) is 19.3 Å². The second kappa shape index (κ2) is 1.96. The Bertz CT molecular complexity index is 101. The molecule has 2 atom stereocenters. The Morgan fingerprint density at radius 3 is 2.22 bits per heavy atom. The van der Waals surface area contributed by atoms with Crippen LogP contribution in [-0.2, 0) is 0 Å². The summed E-state index contributed by atoms with van der Waals surface area (Å²) in [5.74, 6) is 7.57. The van der Waals surface area contributed by atoms with E-state index >= 15 is 0 Å². The maximum absolute atomic E-state index is 5.66. The summed E-state index contributed by atoms with van der Waals surface area (Å²) in [6.45, 7) is 2.31. The molecule has 9 heavy (non-hydrogen) atoms. The topological polar surface area (TPSA) is 29.3 Å². The van der Waals surface area contributed by atoms with Gasteiger partial charge in [0.25, 0.3) is 0 Å². The molecule has 0 amide bonds. The molecule has 52 valence electrons. The van der Waals surface area contributed by atoms with Crippen molar-refractivity contribution in [2.24, 2.45) is 17.7 Å². The zero-order chi connectivity index (χ0) is 6.27. The van der Waals surface area contributed by atoms with Gasteiger partial charge in [0.15, 0.2) is 0 Å². The first-order chi connectivity index (χ1) is 4.36. The fourth-order valence-corrected chi connectivity index (χ4v) is 2.27. The molecule has 2 rings (SSSR count). The molecule has 2 nitrogen and oxygen atoms in total. The van der Waals surface area contributed by atoms with E-state index < -0.39 is 0 Å². The molecule has 0 aromatic rings. The van der Waals surface area contributed by atoms with Gasteiger partial charge in [0, 0.05) is 13.1 Å². The van der Waals surface area contributed by atoms with Crippen LogP contribution >= 0.6 is 0 Å². The van der Waals surface area contributed by atoms with Gasteiger partial charge in [-0.25, -0.2) is 5.01 Å². The van der Waals surface area contributed by atoms with E-state index in [9.17, 15) is 0 Å². The summed E-state index contributed by atoms with van der Waals surface area (Å²) >= 11 is 0. The molecule has 2 aliphatic rings. The molecule has 2 heteroatoms. The van der Waals surface area contributed by atoms with E-state index in [1.807, 2.05) is 5.01 Å². The van der Waals surface area contributed by atoms with Crippen LogP contribution in [0.15, 0.2) is 0 Å². The number of hydrogen-bond acceptors (Lipinski definition) is 2. The van der Waals surface area contributed by atoms with Crippen LogP contribution in [0.2, 0.25) is 0 Å². The average molecular weight is 126 g/mol. The van der Waals surface area contributed by atoms with E-state index in [0.29, 0.717) is 0 Å². The first-order valence-corrected chi connectivity index (χ1v) is 3.86. The van der Waals surface area contributed by atoms with Gasteiger partial charge in [-0.2, -0.15) is 0 Å². The van der Waals surface area contributed by atoms with Crippen molar-refractivity contribution in [3.63, 3.8) is 0 Å². The third-order valence-corrected chi connectivity index (χ3v) is 2.75. The Balaban J connectivity index is 2.02. The monoisotopic (exact) mass is 126 g/mol. The maximum Gasteiger partial charge on any atom is 0.0160 e. The Morgan fingerprint density at radius 2 is 1.67 bits per heavy atom.